The van der Waals surface area contributed by atoms with Crippen LogP contribution in [0.3, 0.4) is 0 Å². The zero-order valence-electron chi connectivity index (χ0n) is 14.3. The van der Waals surface area contributed by atoms with E-state index in [9.17, 15) is 0 Å². The quantitative estimate of drug-likeness (QED) is 0.395. The van der Waals surface area contributed by atoms with Gasteiger partial charge in [0.05, 0.1) is 0 Å². The van der Waals surface area contributed by atoms with Gasteiger partial charge in [-0.05, 0) is 44.7 Å². The van der Waals surface area contributed by atoms with E-state index in [1.54, 1.807) is 0 Å². The molecule has 1 rings (SSSR count). The van der Waals surface area contributed by atoms with Crippen molar-refractivity contribution in [1.29, 1.82) is 0 Å². The number of rotatable bonds is 12. The molecule has 1 atom stereocenters. The fourth-order valence-electron chi connectivity index (χ4n) is 3.55. The third kappa shape index (κ3) is 9.00. The fourth-order valence-corrected chi connectivity index (χ4v) is 3.55. The molecule has 20 heavy (non-hydrogen) atoms. The number of hydrogen-bond donors (Lipinski definition) is 0. The van der Waals surface area contributed by atoms with Gasteiger partial charge in [-0.3, -0.25) is 0 Å². The molecule has 0 amide bonds. The number of unbranched alkanes of at least 4 members (excludes halogenated alkanes) is 8. The Hall–Kier alpha value is -0.0400. The average Bonchev–Trinajstić information content (AvgIpc) is 2.48. The van der Waals surface area contributed by atoms with E-state index in [4.69, 9.17) is 0 Å². The topological polar surface area (TPSA) is 3.24 Å². The van der Waals surface area contributed by atoms with Gasteiger partial charge in [0.15, 0.2) is 0 Å². The van der Waals surface area contributed by atoms with Crippen LogP contribution in [0.2, 0.25) is 0 Å². The largest absolute Gasteiger partial charge is 0.303 e. The molecule has 0 aliphatic carbocycles. The number of hydrogen-bond acceptors (Lipinski definition) is 1. The first-order valence-electron chi connectivity index (χ1n) is 9.59. The lowest BCUT2D eigenvalue weighted by molar-refractivity contribution is 0.164. The van der Waals surface area contributed by atoms with Crippen LogP contribution in [-0.2, 0) is 0 Å². The SMILES string of the molecule is CCCCCCCCCCN1CCCC(CCCC)C1. The molecule has 1 unspecified atom stereocenters. The highest BCUT2D eigenvalue weighted by atomic mass is 15.1. The fraction of sp³-hybridized carbons (Fsp3) is 1.00. The normalized spacial score (nSPS) is 20.4. The molecule has 0 saturated carbocycles. The summed E-state index contributed by atoms with van der Waals surface area (Å²) < 4.78 is 0. The van der Waals surface area contributed by atoms with E-state index in [1.165, 1.54) is 103 Å². The zero-order valence-corrected chi connectivity index (χ0v) is 14.3. The van der Waals surface area contributed by atoms with Crippen molar-refractivity contribution < 1.29 is 0 Å². The second kappa shape index (κ2) is 12.7. The van der Waals surface area contributed by atoms with E-state index in [0.29, 0.717) is 0 Å². The van der Waals surface area contributed by atoms with Crippen LogP contribution >= 0.6 is 0 Å². The first-order chi connectivity index (χ1) is 9.86. The molecule has 1 saturated heterocycles. The van der Waals surface area contributed by atoms with Crippen molar-refractivity contribution in [3.63, 3.8) is 0 Å². The van der Waals surface area contributed by atoms with Gasteiger partial charge in [0.1, 0.15) is 0 Å². The monoisotopic (exact) mass is 281 g/mol. The van der Waals surface area contributed by atoms with Crippen molar-refractivity contribution >= 4 is 0 Å². The highest BCUT2D eigenvalue weighted by Gasteiger charge is 2.18. The average molecular weight is 282 g/mol. The third-order valence-corrected chi connectivity index (χ3v) is 4.90. The minimum absolute atomic E-state index is 1.01. The summed E-state index contributed by atoms with van der Waals surface area (Å²) in [6.45, 7) is 8.76. The molecule has 0 aromatic heterocycles. The molecule has 0 spiro atoms. The summed E-state index contributed by atoms with van der Waals surface area (Å²) in [5, 5.41) is 0. The van der Waals surface area contributed by atoms with Crippen molar-refractivity contribution in [1.82, 2.24) is 4.90 Å². The lowest BCUT2D eigenvalue weighted by Crippen LogP contribution is -2.36. The minimum atomic E-state index is 1.01. The van der Waals surface area contributed by atoms with Crippen LogP contribution < -0.4 is 0 Å². The molecule has 0 radical (unpaired) electrons. The van der Waals surface area contributed by atoms with E-state index in [1.807, 2.05) is 0 Å². The predicted octanol–water partition coefficient (Wildman–Crippen LogP) is 6.03. The molecule has 0 aromatic rings. The molecule has 120 valence electrons. The predicted molar refractivity (Wildman–Crippen MR) is 91.3 cm³/mol. The Morgan fingerprint density at radius 2 is 1.45 bits per heavy atom. The standard InChI is InChI=1S/C19H39N/c1-3-5-7-8-9-10-11-12-16-20-17-13-15-19(18-20)14-6-4-2/h19H,3-18H2,1-2H3. The van der Waals surface area contributed by atoms with Gasteiger partial charge in [-0.25, -0.2) is 0 Å². The molecular formula is C19H39N. The molecule has 1 aliphatic rings. The van der Waals surface area contributed by atoms with E-state index in [2.05, 4.69) is 18.7 Å². The third-order valence-electron chi connectivity index (χ3n) is 4.90. The zero-order chi connectivity index (χ0) is 14.5. The first-order valence-corrected chi connectivity index (χ1v) is 9.59. The maximum Gasteiger partial charge on any atom is 0.000966 e. The summed E-state index contributed by atoms with van der Waals surface area (Å²) in [6, 6.07) is 0. The Morgan fingerprint density at radius 3 is 2.15 bits per heavy atom. The van der Waals surface area contributed by atoms with Crippen LogP contribution in [0, 0.1) is 5.92 Å². The summed E-state index contributed by atoms with van der Waals surface area (Å²) in [5.41, 5.74) is 0. The van der Waals surface area contributed by atoms with Crippen molar-refractivity contribution in [3.8, 4) is 0 Å². The number of nitrogens with zero attached hydrogens (tertiary/aromatic N) is 1. The number of piperidine rings is 1. The van der Waals surface area contributed by atoms with Crippen molar-refractivity contribution in [2.24, 2.45) is 5.92 Å². The summed E-state index contributed by atoms with van der Waals surface area (Å²) in [4.78, 5) is 2.75. The van der Waals surface area contributed by atoms with Gasteiger partial charge in [-0.1, -0.05) is 71.6 Å². The Balaban J connectivity index is 1.93. The van der Waals surface area contributed by atoms with Crippen molar-refractivity contribution in [2.75, 3.05) is 19.6 Å². The van der Waals surface area contributed by atoms with Gasteiger partial charge in [0.2, 0.25) is 0 Å². The summed E-state index contributed by atoms with van der Waals surface area (Å²) in [5.74, 6) is 1.01. The molecule has 0 bridgehead atoms. The lowest BCUT2D eigenvalue weighted by atomic mass is 9.92. The van der Waals surface area contributed by atoms with Crippen LogP contribution in [0.25, 0.3) is 0 Å². The van der Waals surface area contributed by atoms with Gasteiger partial charge >= 0.3 is 0 Å². The first kappa shape index (κ1) is 18.0. The maximum absolute atomic E-state index is 2.75. The van der Waals surface area contributed by atoms with E-state index < -0.39 is 0 Å². The summed E-state index contributed by atoms with van der Waals surface area (Å²) in [7, 11) is 0. The van der Waals surface area contributed by atoms with Gasteiger partial charge in [0.25, 0.3) is 0 Å². The molecule has 0 aromatic carbocycles. The maximum atomic E-state index is 2.75. The molecular weight excluding hydrogens is 242 g/mol. The highest BCUT2D eigenvalue weighted by Crippen LogP contribution is 2.22. The molecule has 1 heterocycles. The van der Waals surface area contributed by atoms with E-state index in [-0.39, 0.29) is 0 Å². The molecule has 1 nitrogen and oxygen atoms in total. The van der Waals surface area contributed by atoms with Gasteiger partial charge in [-0.15, -0.1) is 0 Å². The molecule has 1 heteroatoms. The van der Waals surface area contributed by atoms with Crippen molar-refractivity contribution in [2.45, 2.75) is 97.3 Å². The van der Waals surface area contributed by atoms with Crippen LogP contribution in [0.1, 0.15) is 97.3 Å². The van der Waals surface area contributed by atoms with Crippen LogP contribution in [0.15, 0.2) is 0 Å². The lowest BCUT2D eigenvalue weighted by Gasteiger charge is -2.32. The molecule has 1 aliphatic heterocycles. The summed E-state index contributed by atoms with van der Waals surface area (Å²) in [6.07, 6.45) is 18.8. The van der Waals surface area contributed by atoms with Gasteiger partial charge in [0, 0.05) is 6.54 Å². The minimum Gasteiger partial charge on any atom is -0.303 e. The van der Waals surface area contributed by atoms with E-state index in [0.717, 1.165) is 5.92 Å². The Bertz CT molecular complexity index is 202. The molecule has 1 fully saturated rings. The van der Waals surface area contributed by atoms with E-state index >= 15 is 0 Å². The van der Waals surface area contributed by atoms with Gasteiger partial charge in [-0.2, -0.15) is 0 Å². The Labute approximate surface area is 128 Å². The second-order valence-corrected chi connectivity index (χ2v) is 6.93. The Kier molecular flexibility index (Phi) is 11.4. The second-order valence-electron chi connectivity index (χ2n) is 6.93. The molecule has 0 N–H and O–H groups in total. The smallest absolute Gasteiger partial charge is 0.000966 e. The van der Waals surface area contributed by atoms with Crippen LogP contribution in [-0.4, -0.2) is 24.5 Å². The van der Waals surface area contributed by atoms with Crippen LogP contribution in [0.5, 0.6) is 0 Å². The van der Waals surface area contributed by atoms with Gasteiger partial charge < -0.3 is 4.90 Å². The number of likely N-dealkylation sites (tertiary alicyclic amines) is 1. The summed E-state index contributed by atoms with van der Waals surface area (Å²) >= 11 is 0. The van der Waals surface area contributed by atoms with Crippen molar-refractivity contribution in [3.05, 3.63) is 0 Å². The highest BCUT2D eigenvalue weighted by molar-refractivity contribution is 4.72. The Morgan fingerprint density at radius 1 is 0.800 bits per heavy atom. The van der Waals surface area contributed by atoms with Crippen LogP contribution in [0.4, 0.5) is 0 Å².